The Morgan fingerprint density at radius 2 is 2.00 bits per heavy atom. The number of aliphatic imine (C=N–C) groups is 1. The van der Waals surface area contributed by atoms with Gasteiger partial charge in [0.05, 0.1) is 6.61 Å². The van der Waals surface area contributed by atoms with Crippen LogP contribution in [0.15, 0.2) is 47.6 Å². The van der Waals surface area contributed by atoms with E-state index in [0.717, 1.165) is 30.4 Å². The number of ether oxygens (including phenoxy) is 2. The van der Waals surface area contributed by atoms with E-state index in [1.54, 1.807) is 0 Å². The first-order valence-electron chi connectivity index (χ1n) is 9.81. The van der Waals surface area contributed by atoms with Gasteiger partial charge in [-0.2, -0.15) is 0 Å². The van der Waals surface area contributed by atoms with Crippen LogP contribution in [0.2, 0.25) is 0 Å². The molecule has 0 atom stereocenters. The molecule has 0 saturated carbocycles. The average Bonchev–Trinajstić information content (AvgIpc) is 3.05. The van der Waals surface area contributed by atoms with E-state index < -0.39 is 0 Å². The third kappa shape index (κ3) is 5.15. The topological polar surface area (TPSA) is 59.0 Å². The number of hydrogen-bond acceptors (Lipinski definition) is 4. The van der Waals surface area contributed by atoms with E-state index in [1.165, 1.54) is 6.42 Å². The van der Waals surface area contributed by atoms with Crippen LogP contribution in [0.3, 0.4) is 0 Å². The molecule has 0 spiro atoms. The summed E-state index contributed by atoms with van der Waals surface area (Å²) >= 11 is 0. The predicted octanol–water partition coefficient (Wildman–Crippen LogP) is 4.08. The van der Waals surface area contributed by atoms with Crippen molar-refractivity contribution in [2.24, 2.45) is 10.4 Å². The summed E-state index contributed by atoms with van der Waals surface area (Å²) in [5, 5.41) is 3.44. The van der Waals surface area contributed by atoms with Gasteiger partial charge in [0.1, 0.15) is 0 Å². The van der Waals surface area contributed by atoms with Crippen molar-refractivity contribution in [3.8, 4) is 17.4 Å². The first kappa shape index (κ1) is 20.0. The summed E-state index contributed by atoms with van der Waals surface area (Å²) in [5.41, 5.74) is 1.42. The van der Waals surface area contributed by atoms with Gasteiger partial charge in [-0.05, 0) is 36.5 Å². The standard InChI is InChI=1S/C22H30N4O2/c1-5-27-18-8-6-7-9-19(18)28-20-11-10-17(14-24-20)15-25-21(23-4)26-13-12-22(2,3)16-26/h6-11,14H,5,12-13,15-16H2,1-4H3,(H,23,25). The lowest BCUT2D eigenvalue weighted by Crippen LogP contribution is -2.40. The van der Waals surface area contributed by atoms with Gasteiger partial charge in [-0.25, -0.2) is 4.98 Å². The van der Waals surface area contributed by atoms with Crippen molar-refractivity contribution in [1.82, 2.24) is 15.2 Å². The Morgan fingerprint density at radius 3 is 2.61 bits per heavy atom. The van der Waals surface area contributed by atoms with E-state index >= 15 is 0 Å². The number of nitrogens with one attached hydrogen (secondary N) is 1. The SMILES string of the molecule is CCOc1ccccc1Oc1ccc(CNC(=NC)N2CCC(C)(C)C2)cn1. The van der Waals surface area contributed by atoms with Crippen LogP contribution in [0.25, 0.3) is 0 Å². The Labute approximate surface area is 167 Å². The number of guanidine groups is 1. The smallest absolute Gasteiger partial charge is 0.219 e. The molecule has 0 aliphatic carbocycles. The van der Waals surface area contributed by atoms with Crippen LogP contribution in [0.5, 0.6) is 17.4 Å². The average molecular weight is 383 g/mol. The van der Waals surface area contributed by atoms with Gasteiger partial charge < -0.3 is 19.7 Å². The van der Waals surface area contributed by atoms with Crippen molar-refractivity contribution in [2.75, 3.05) is 26.7 Å². The number of hydrogen-bond donors (Lipinski definition) is 1. The zero-order valence-electron chi connectivity index (χ0n) is 17.2. The minimum Gasteiger partial charge on any atom is -0.490 e. The number of nitrogens with zero attached hydrogens (tertiary/aromatic N) is 3. The highest BCUT2D eigenvalue weighted by atomic mass is 16.5. The fourth-order valence-electron chi connectivity index (χ4n) is 3.30. The van der Waals surface area contributed by atoms with Gasteiger partial charge in [-0.1, -0.05) is 32.0 Å². The number of benzene rings is 1. The lowest BCUT2D eigenvalue weighted by molar-refractivity contribution is 0.319. The van der Waals surface area contributed by atoms with Gasteiger partial charge in [0.15, 0.2) is 17.5 Å². The van der Waals surface area contributed by atoms with Gasteiger partial charge in [0, 0.05) is 38.9 Å². The van der Waals surface area contributed by atoms with Crippen LogP contribution in [-0.4, -0.2) is 42.6 Å². The maximum Gasteiger partial charge on any atom is 0.219 e. The molecule has 0 amide bonds. The lowest BCUT2D eigenvalue weighted by Gasteiger charge is -2.23. The Hall–Kier alpha value is -2.76. The van der Waals surface area contributed by atoms with Gasteiger partial charge in [-0.3, -0.25) is 4.99 Å². The monoisotopic (exact) mass is 382 g/mol. The molecular weight excluding hydrogens is 352 g/mol. The van der Waals surface area contributed by atoms with Gasteiger partial charge in [-0.15, -0.1) is 0 Å². The molecule has 0 radical (unpaired) electrons. The molecule has 0 unspecified atom stereocenters. The molecule has 1 fully saturated rings. The van der Waals surface area contributed by atoms with Crippen LogP contribution in [-0.2, 0) is 6.54 Å². The zero-order chi connectivity index (χ0) is 20.0. The molecule has 150 valence electrons. The van der Waals surface area contributed by atoms with Crippen LogP contribution in [0.1, 0.15) is 32.8 Å². The minimum absolute atomic E-state index is 0.343. The summed E-state index contributed by atoms with van der Waals surface area (Å²) in [6, 6.07) is 11.5. The quantitative estimate of drug-likeness (QED) is 0.603. The fourth-order valence-corrected chi connectivity index (χ4v) is 3.30. The molecule has 0 bridgehead atoms. The van der Waals surface area contributed by atoms with Crippen molar-refractivity contribution >= 4 is 5.96 Å². The molecule has 2 aromatic rings. The molecule has 1 N–H and O–H groups in total. The first-order valence-corrected chi connectivity index (χ1v) is 9.81. The van der Waals surface area contributed by atoms with Gasteiger partial charge in [0.25, 0.3) is 0 Å². The second-order valence-corrected chi connectivity index (χ2v) is 7.72. The predicted molar refractivity (Wildman–Crippen MR) is 112 cm³/mol. The highest BCUT2D eigenvalue weighted by Gasteiger charge is 2.30. The number of aromatic nitrogens is 1. The Balaban J connectivity index is 1.57. The molecule has 1 aliphatic heterocycles. The molecule has 1 aromatic carbocycles. The van der Waals surface area contributed by atoms with Crippen molar-refractivity contribution in [1.29, 1.82) is 0 Å². The Morgan fingerprint density at radius 1 is 1.21 bits per heavy atom. The van der Waals surface area contributed by atoms with Crippen molar-refractivity contribution in [3.05, 3.63) is 48.2 Å². The Kier molecular flexibility index (Phi) is 6.39. The van der Waals surface area contributed by atoms with E-state index in [1.807, 2.05) is 56.6 Å². The molecule has 1 aliphatic rings. The summed E-state index contributed by atoms with van der Waals surface area (Å²) in [6.07, 6.45) is 3.01. The van der Waals surface area contributed by atoms with Crippen LogP contribution in [0.4, 0.5) is 0 Å². The summed E-state index contributed by atoms with van der Waals surface area (Å²) < 4.78 is 11.5. The van der Waals surface area contributed by atoms with Crippen LogP contribution >= 0.6 is 0 Å². The van der Waals surface area contributed by atoms with Crippen LogP contribution in [0, 0.1) is 5.41 Å². The molecule has 2 heterocycles. The summed E-state index contributed by atoms with van der Waals surface area (Å²) in [7, 11) is 1.83. The lowest BCUT2D eigenvalue weighted by atomic mass is 9.93. The third-order valence-electron chi connectivity index (χ3n) is 4.80. The number of likely N-dealkylation sites (tertiary alicyclic amines) is 1. The van der Waals surface area contributed by atoms with Gasteiger partial charge in [0.2, 0.25) is 5.88 Å². The van der Waals surface area contributed by atoms with E-state index in [2.05, 4.69) is 34.0 Å². The number of rotatable bonds is 6. The molecule has 3 rings (SSSR count). The van der Waals surface area contributed by atoms with Gasteiger partial charge >= 0.3 is 0 Å². The maximum absolute atomic E-state index is 5.88. The summed E-state index contributed by atoms with van der Waals surface area (Å²) in [5.74, 6) is 2.87. The molecule has 1 saturated heterocycles. The van der Waals surface area contributed by atoms with E-state index in [0.29, 0.717) is 30.2 Å². The van der Waals surface area contributed by atoms with Crippen molar-refractivity contribution < 1.29 is 9.47 Å². The highest BCUT2D eigenvalue weighted by Crippen LogP contribution is 2.30. The highest BCUT2D eigenvalue weighted by molar-refractivity contribution is 5.80. The molecule has 28 heavy (non-hydrogen) atoms. The first-order chi connectivity index (χ1) is 13.5. The molecule has 6 nitrogen and oxygen atoms in total. The minimum atomic E-state index is 0.343. The van der Waals surface area contributed by atoms with E-state index in [4.69, 9.17) is 9.47 Å². The Bertz CT molecular complexity index is 802. The second kappa shape index (κ2) is 8.95. The van der Waals surface area contributed by atoms with Crippen molar-refractivity contribution in [2.45, 2.75) is 33.7 Å². The number of pyridine rings is 1. The molecule has 1 aromatic heterocycles. The summed E-state index contributed by atoms with van der Waals surface area (Å²) in [4.78, 5) is 11.2. The fraction of sp³-hybridized carbons (Fsp3) is 0.455. The largest absolute Gasteiger partial charge is 0.490 e. The molecular formula is C22H30N4O2. The van der Waals surface area contributed by atoms with Crippen LogP contribution < -0.4 is 14.8 Å². The number of para-hydroxylation sites is 2. The maximum atomic E-state index is 5.88. The van der Waals surface area contributed by atoms with Crippen molar-refractivity contribution in [3.63, 3.8) is 0 Å². The zero-order valence-corrected chi connectivity index (χ0v) is 17.2. The van der Waals surface area contributed by atoms with E-state index in [9.17, 15) is 0 Å². The summed E-state index contributed by atoms with van der Waals surface area (Å²) in [6.45, 7) is 9.88. The molecule has 6 heteroatoms. The van der Waals surface area contributed by atoms with E-state index in [-0.39, 0.29) is 0 Å². The second-order valence-electron chi connectivity index (χ2n) is 7.72. The third-order valence-corrected chi connectivity index (χ3v) is 4.80. The normalized spacial score (nSPS) is 16.1.